The number of nitrogens with one attached hydrogen (secondary N) is 1. The van der Waals surface area contributed by atoms with E-state index in [1.54, 1.807) is 19.2 Å². The fraction of sp³-hybridized carbons (Fsp3) is 0.348. The highest BCUT2D eigenvalue weighted by Crippen LogP contribution is 2.30. The molecule has 1 fully saturated rings. The van der Waals surface area contributed by atoms with Gasteiger partial charge in [-0.25, -0.2) is 4.98 Å². The molecule has 2 heterocycles. The summed E-state index contributed by atoms with van der Waals surface area (Å²) in [6.45, 7) is 3.07. The highest BCUT2D eigenvalue weighted by molar-refractivity contribution is 7.99. The number of hydrogen-bond acceptors (Lipinski definition) is 7. The van der Waals surface area contributed by atoms with Crippen LogP contribution in [0.5, 0.6) is 11.5 Å². The molecule has 3 aromatic rings. The maximum absolute atomic E-state index is 12.6. The summed E-state index contributed by atoms with van der Waals surface area (Å²) in [4.78, 5) is 36.6. The maximum atomic E-state index is 12.6. The van der Waals surface area contributed by atoms with E-state index in [4.69, 9.17) is 9.47 Å². The summed E-state index contributed by atoms with van der Waals surface area (Å²) in [7, 11) is 3.06. The van der Waals surface area contributed by atoms with Gasteiger partial charge < -0.3 is 24.3 Å². The summed E-state index contributed by atoms with van der Waals surface area (Å²) in [5.74, 6) is 2.42. The number of H-pyrrole nitrogens is 1. The van der Waals surface area contributed by atoms with Crippen LogP contribution in [-0.4, -0.2) is 66.9 Å². The summed E-state index contributed by atoms with van der Waals surface area (Å²) in [6, 6.07) is 13.6. The number of benzene rings is 2. The monoisotopic (exact) mass is 454 g/mol. The quantitative estimate of drug-likeness (QED) is 0.587. The summed E-state index contributed by atoms with van der Waals surface area (Å²) >= 11 is 1.45. The van der Waals surface area contributed by atoms with E-state index in [9.17, 15) is 9.59 Å². The molecule has 1 saturated heterocycles. The number of aromatic amines is 1. The van der Waals surface area contributed by atoms with Gasteiger partial charge >= 0.3 is 0 Å². The standard InChI is InChI=1S/C23H26N4O4S/c1-30-19-12-17-18(13-20(19)31-2)24-21(25-23(17)29)14-32-15-22(28)27-10-8-26(9-11-27)16-6-4-3-5-7-16/h3-7,12-13H,8-11,14-15H2,1-2H3,(H,24,25,29). The van der Waals surface area contributed by atoms with E-state index in [0.29, 0.717) is 52.8 Å². The van der Waals surface area contributed by atoms with Crippen molar-refractivity contribution in [1.82, 2.24) is 14.9 Å². The van der Waals surface area contributed by atoms with Crippen molar-refractivity contribution in [2.45, 2.75) is 5.75 Å². The normalized spacial score (nSPS) is 13.9. The molecule has 168 valence electrons. The molecule has 4 rings (SSSR count). The van der Waals surface area contributed by atoms with Gasteiger partial charge in [0.25, 0.3) is 5.56 Å². The van der Waals surface area contributed by atoms with Gasteiger partial charge in [0, 0.05) is 37.9 Å². The van der Waals surface area contributed by atoms with Crippen molar-refractivity contribution >= 4 is 34.3 Å². The van der Waals surface area contributed by atoms with Crippen LogP contribution in [0.15, 0.2) is 47.3 Å². The zero-order chi connectivity index (χ0) is 22.5. The second-order valence-electron chi connectivity index (χ2n) is 7.43. The Balaban J connectivity index is 1.33. The van der Waals surface area contributed by atoms with Crippen molar-refractivity contribution < 1.29 is 14.3 Å². The Morgan fingerprint density at radius 1 is 1.06 bits per heavy atom. The number of nitrogens with zero attached hydrogens (tertiary/aromatic N) is 3. The zero-order valence-corrected chi connectivity index (χ0v) is 19.0. The van der Waals surface area contributed by atoms with E-state index in [-0.39, 0.29) is 11.5 Å². The van der Waals surface area contributed by atoms with Crippen LogP contribution in [0.25, 0.3) is 10.9 Å². The second kappa shape index (κ2) is 9.95. The Hall–Kier alpha value is -3.20. The van der Waals surface area contributed by atoms with E-state index in [0.717, 1.165) is 13.1 Å². The largest absolute Gasteiger partial charge is 0.493 e. The van der Waals surface area contributed by atoms with Gasteiger partial charge in [-0.2, -0.15) is 0 Å². The number of anilines is 1. The predicted molar refractivity (Wildman–Crippen MR) is 127 cm³/mol. The Labute approximate surface area is 190 Å². The highest BCUT2D eigenvalue weighted by Gasteiger charge is 2.21. The number of amides is 1. The number of rotatable bonds is 7. The third-order valence-corrected chi connectivity index (χ3v) is 6.41. The number of carbonyl (C=O) groups is 1. The SMILES string of the molecule is COc1cc2nc(CSCC(=O)N3CCN(c4ccccc4)CC3)[nH]c(=O)c2cc1OC. The first-order chi connectivity index (χ1) is 15.6. The fourth-order valence-corrected chi connectivity index (χ4v) is 4.55. The molecule has 0 saturated carbocycles. The molecule has 32 heavy (non-hydrogen) atoms. The fourth-order valence-electron chi connectivity index (χ4n) is 3.76. The lowest BCUT2D eigenvalue weighted by Crippen LogP contribution is -2.49. The highest BCUT2D eigenvalue weighted by atomic mass is 32.2. The molecule has 0 aliphatic carbocycles. The van der Waals surface area contributed by atoms with Crippen LogP contribution >= 0.6 is 11.8 Å². The lowest BCUT2D eigenvalue weighted by molar-refractivity contribution is -0.128. The molecule has 1 amide bonds. The molecule has 0 spiro atoms. The van der Waals surface area contributed by atoms with E-state index in [1.807, 2.05) is 23.1 Å². The molecule has 1 aromatic heterocycles. The van der Waals surface area contributed by atoms with Crippen LogP contribution in [0.1, 0.15) is 5.82 Å². The third-order valence-electron chi connectivity index (χ3n) is 5.48. The van der Waals surface area contributed by atoms with Crippen molar-refractivity contribution in [2.75, 3.05) is 51.1 Å². The Bertz CT molecular complexity index is 1140. The second-order valence-corrected chi connectivity index (χ2v) is 8.42. The predicted octanol–water partition coefficient (Wildman–Crippen LogP) is 2.52. The molecule has 9 heteroatoms. The number of para-hydroxylation sites is 1. The molecule has 0 unspecified atom stereocenters. The minimum atomic E-state index is -0.241. The van der Waals surface area contributed by atoms with Crippen LogP contribution in [0, 0.1) is 0 Å². The molecule has 0 bridgehead atoms. The van der Waals surface area contributed by atoms with E-state index < -0.39 is 0 Å². The summed E-state index contributed by atoms with van der Waals surface area (Å²) in [5.41, 5.74) is 1.48. The first kappa shape index (κ1) is 22.0. The average molecular weight is 455 g/mol. The zero-order valence-electron chi connectivity index (χ0n) is 18.2. The minimum absolute atomic E-state index is 0.109. The van der Waals surface area contributed by atoms with Crippen LogP contribution in [0.2, 0.25) is 0 Å². The van der Waals surface area contributed by atoms with Crippen LogP contribution in [0.3, 0.4) is 0 Å². The number of hydrogen-bond donors (Lipinski definition) is 1. The van der Waals surface area contributed by atoms with Crippen molar-refractivity contribution in [3.05, 3.63) is 58.6 Å². The molecule has 1 aliphatic heterocycles. The topological polar surface area (TPSA) is 87.8 Å². The van der Waals surface area contributed by atoms with Crippen molar-refractivity contribution in [3.8, 4) is 11.5 Å². The summed E-state index contributed by atoms with van der Waals surface area (Å²) in [5, 5.41) is 0.434. The molecular formula is C23H26N4O4S. The average Bonchev–Trinajstić information content (AvgIpc) is 2.84. The molecule has 1 aliphatic rings. The van der Waals surface area contributed by atoms with E-state index >= 15 is 0 Å². The Morgan fingerprint density at radius 2 is 1.75 bits per heavy atom. The number of aromatic nitrogens is 2. The lowest BCUT2D eigenvalue weighted by Gasteiger charge is -2.36. The van der Waals surface area contributed by atoms with Gasteiger partial charge in [0.15, 0.2) is 11.5 Å². The first-order valence-corrected chi connectivity index (χ1v) is 11.5. The Morgan fingerprint density at radius 3 is 2.44 bits per heavy atom. The number of fused-ring (bicyclic) bond motifs is 1. The van der Waals surface area contributed by atoms with Crippen molar-refractivity contribution in [2.24, 2.45) is 0 Å². The van der Waals surface area contributed by atoms with E-state index in [2.05, 4.69) is 27.0 Å². The maximum Gasteiger partial charge on any atom is 0.258 e. The minimum Gasteiger partial charge on any atom is -0.493 e. The van der Waals surface area contributed by atoms with Gasteiger partial charge in [-0.05, 0) is 18.2 Å². The number of methoxy groups -OCH3 is 2. The summed E-state index contributed by atoms with van der Waals surface area (Å²) in [6.07, 6.45) is 0. The van der Waals surface area contributed by atoms with Gasteiger partial charge in [-0.15, -0.1) is 11.8 Å². The lowest BCUT2D eigenvalue weighted by atomic mass is 10.2. The van der Waals surface area contributed by atoms with Crippen LogP contribution in [-0.2, 0) is 10.5 Å². The van der Waals surface area contributed by atoms with Gasteiger partial charge in [-0.3, -0.25) is 9.59 Å². The van der Waals surface area contributed by atoms with Crippen LogP contribution in [0.4, 0.5) is 5.69 Å². The first-order valence-electron chi connectivity index (χ1n) is 10.4. The molecule has 1 N–H and O–H groups in total. The number of carbonyl (C=O) groups excluding carboxylic acids is 1. The van der Waals surface area contributed by atoms with Gasteiger partial charge in [0.2, 0.25) is 5.91 Å². The molecule has 0 atom stereocenters. The molecule has 8 nitrogen and oxygen atoms in total. The number of ether oxygens (including phenoxy) is 2. The van der Waals surface area contributed by atoms with Gasteiger partial charge in [0.1, 0.15) is 5.82 Å². The van der Waals surface area contributed by atoms with Crippen molar-refractivity contribution in [1.29, 1.82) is 0 Å². The smallest absolute Gasteiger partial charge is 0.258 e. The molecule has 2 aromatic carbocycles. The van der Waals surface area contributed by atoms with Gasteiger partial charge in [0.05, 0.1) is 36.6 Å². The number of thioether (sulfide) groups is 1. The molecule has 0 radical (unpaired) electrons. The number of piperazine rings is 1. The summed E-state index contributed by atoms with van der Waals surface area (Å²) < 4.78 is 10.6. The molecular weight excluding hydrogens is 428 g/mol. The van der Waals surface area contributed by atoms with Crippen LogP contribution < -0.4 is 19.9 Å². The van der Waals surface area contributed by atoms with Gasteiger partial charge in [-0.1, -0.05) is 18.2 Å². The third kappa shape index (κ3) is 4.83. The van der Waals surface area contributed by atoms with Crippen molar-refractivity contribution in [3.63, 3.8) is 0 Å². The Kier molecular flexibility index (Phi) is 6.84. The van der Waals surface area contributed by atoms with E-state index in [1.165, 1.54) is 24.6 Å².